The van der Waals surface area contributed by atoms with Crippen LogP contribution >= 0.6 is 0 Å². The molecule has 0 atom stereocenters. The molecule has 1 aromatic heterocycles. The molecule has 0 saturated carbocycles. The van der Waals surface area contributed by atoms with Gasteiger partial charge in [-0.15, -0.1) is 0 Å². The first-order chi connectivity index (χ1) is 15.9. The van der Waals surface area contributed by atoms with Crippen LogP contribution in [0.1, 0.15) is 10.5 Å². The van der Waals surface area contributed by atoms with Gasteiger partial charge in [0.05, 0.1) is 17.4 Å². The lowest BCUT2D eigenvalue weighted by Gasteiger charge is -2.34. The van der Waals surface area contributed by atoms with Gasteiger partial charge in [-0.3, -0.25) is 9.36 Å². The summed E-state index contributed by atoms with van der Waals surface area (Å²) in [6.07, 6.45) is 2.96. The second-order valence-corrected chi connectivity index (χ2v) is 9.77. The second-order valence-electron chi connectivity index (χ2n) is 7.83. The van der Waals surface area contributed by atoms with Crippen LogP contribution in [0.2, 0.25) is 0 Å². The lowest BCUT2D eigenvalue weighted by atomic mass is 10.1. The second kappa shape index (κ2) is 8.42. The van der Waals surface area contributed by atoms with E-state index in [4.69, 9.17) is 0 Å². The topological polar surface area (TPSA) is 75.5 Å². The highest BCUT2D eigenvalue weighted by Crippen LogP contribution is 2.23. The molecule has 168 valence electrons. The van der Waals surface area contributed by atoms with Crippen LogP contribution in [-0.2, 0) is 10.0 Å². The Labute approximate surface area is 190 Å². The summed E-state index contributed by atoms with van der Waals surface area (Å²) in [5.74, 6) is -0.616. The third kappa shape index (κ3) is 4.01. The molecule has 9 heteroatoms. The number of halogens is 1. The summed E-state index contributed by atoms with van der Waals surface area (Å²) >= 11 is 0. The van der Waals surface area contributed by atoms with E-state index in [1.54, 1.807) is 39.8 Å². The largest absolute Gasteiger partial charge is 0.335 e. The molecule has 0 N–H and O–H groups in total. The van der Waals surface area contributed by atoms with E-state index in [2.05, 4.69) is 4.98 Å². The van der Waals surface area contributed by atoms with Crippen molar-refractivity contribution in [1.82, 2.24) is 18.8 Å². The van der Waals surface area contributed by atoms with E-state index in [9.17, 15) is 17.6 Å². The van der Waals surface area contributed by atoms with Crippen molar-refractivity contribution in [2.45, 2.75) is 4.90 Å². The van der Waals surface area contributed by atoms with E-state index in [0.29, 0.717) is 11.4 Å². The zero-order chi connectivity index (χ0) is 23.0. The molecule has 4 aromatic rings. The molecule has 0 aliphatic carbocycles. The van der Waals surface area contributed by atoms with Gasteiger partial charge < -0.3 is 4.90 Å². The Hall–Kier alpha value is -3.56. The number of aromatic nitrogens is 2. The van der Waals surface area contributed by atoms with Gasteiger partial charge in [0, 0.05) is 31.9 Å². The minimum absolute atomic E-state index is 0.200. The minimum atomic E-state index is -3.67. The maximum Gasteiger partial charge on any atom is 0.272 e. The molecule has 1 saturated heterocycles. The van der Waals surface area contributed by atoms with E-state index in [1.807, 2.05) is 24.3 Å². The first-order valence-electron chi connectivity index (χ1n) is 10.5. The molecule has 33 heavy (non-hydrogen) atoms. The van der Waals surface area contributed by atoms with E-state index in [0.717, 1.165) is 10.8 Å². The maximum absolute atomic E-state index is 13.3. The van der Waals surface area contributed by atoms with Crippen molar-refractivity contribution in [2.75, 3.05) is 26.2 Å². The molecule has 0 unspecified atom stereocenters. The summed E-state index contributed by atoms with van der Waals surface area (Å²) in [6.45, 7) is 0.928. The normalized spacial score (nSPS) is 15.1. The molecule has 2 heterocycles. The fraction of sp³-hybridized carbons (Fsp3) is 0.167. The number of piperazine rings is 1. The van der Waals surface area contributed by atoms with Gasteiger partial charge in [0.1, 0.15) is 11.5 Å². The molecule has 7 nitrogen and oxygen atoms in total. The standard InChI is InChI=1S/C24H21FN4O3S/c25-20-6-8-21(9-7-20)29-17-26-16-23(29)24(30)27-11-13-28(14-12-27)33(31,32)22-10-5-18-3-1-2-4-19(18)15-22/h1-10,15-17H,11-14H2. The zero-order valence-electron chi connectivity index (χ0n) is 17.6. The summed E-state index contributed by atoms with van der Waals surface area (Å²) in [5.41, 5.74) is 0.960. The van der Waals surface area contributed by atoms with Crippen LogP contribution in [0.25, 0.3) is 16.5 Å². The van der Waals surface area contributed by atoms with Crippen molar-refractivity contribution < 1.29 is 17.6 Å². The highest BCUT2D eigenvalue weighted by Gasteiger charge is 2.31. The van der Waals surface area contributed by atoms with Crippen LogP contribution in [0.3, 0.4) is 0 Å². The van der Waals surface area contributed by atoms with Crippen molar-refractivity contribution in [3.63, 3.8) is 0 Å². The molecule has 3 aromatic carbocycles. The van der Waals surface area contributed by atoms with Gasteiger partial charge in [-0.05, 0) is 47.2 Å². The Morgan fingerprint density at radius 2 is 1.58 bits per heavy atom. The van der Waals surface area contributed by atoms with Gasteiger partial charge in [0.15, 0.2) is 0 Å². The number of amides is 1. The SMILES string of the molecule is O=C(c1cncn1-c1ccc(F)cc1)N1CCN(S(=O)(=O)c2ccc3ccccc3c2)CC1. The van der Waals surface area contributed by atoms with Gasteiger partial charge in [-0.25, -0.2) is 17.8 Å². The molecule has 5 rings (SSSR count). The summed E-state index contributed by atoms with van der Waals surface area (Å²) < 4.78 is 42.6. The zero-order valence-corrected chi connectivity index (χ0v) is 18.5. The molecule has 0 radical (unpaired) electrons. The molecular weight excluding hydrogens is 443 g/mol. The van der Waals surface area contributed by atoms with Crippen LogP contribution < -0.4 is 0 Å². The van der Waals surface area contributed by atoms with Crippen LogP contribution in [0.15, 0.2) is 84.1 Å². The van der Waals surface area contributed by atoms with E-state index < -0.39 is 10.0 Å². The van der Waals surface area contributed by atoms with Gasteiger partial charge in [-0.2, -0.15) is 4.31 Å². The predicted molar refractivity (Wildman–Crippen MR) is 122 cm³/mol. The number of hydrogen-bond acceptors (Lipinski definition) is 4. The Bertz CT molecular complexity index is 1430. The maximum atomic E-state index is 13.3. The number of hydrogen-bond donors (Lipinski definition) is 0. The third-order valence-corrected chi connectivity index (χ3v) is 7.74. The summed E-state index contributed by atoms with van der Waals surface area (Å²) in [4.78, 5) is 19.0. The van der Waals surface area contributed by atoms with E-state index >= 15 is 0 Å². The molecule has 1 amide bonds. The highest BCUT2D eigenvalue weighted by atomic mass is 32.2. The average Bonchev–Trinajstić information content (AvgIpc) is 3.34. The molecule has 0 bridgehead atoms. The van der Waals surface area contributed by atoms with Crippen LogP contribution in [-0.4, -0.2) is 59.3 Å². The monoisotopic (exact) mass is 464 g/mol. The first-order valence-corrected chi connectivity index (χ1v) is 11.9. The number of nitrogens with zero attached hydrogens (tertiary/aromatic N) is 4. The summed E-state index contributed by atoms with van der Waals surface area (Å²) in [5, 5.41) is 1.84. The summed E-state index contributed by atoms with van der Waals surface area (Å²) in [7, 11) is -3.67. The molecule has 1 fully saturated rings. The summed E-state index contributed by atoms with van der Waals surface area (Å²) in [6, 6.07) is 18.5. The third-order valence-electron chi connectivity index (χ3n) is 5.85. The molecule has 1 aliphatic heterocycles. The van der Waals surface area contributed by atoms with Crippen molar-refractivity contribution >= 4 is 26.7 Å². The van der Waals surface area contributed by atoms with Crippen LogP contribution in [0, 0.1) is 5.82 Å². The minimum Gasteiger partial charge on any atom is -0.335 e. The van der Waals surface area contributed by atoms with Gasteiger partial charge in [0.2, 0.25) is 10.0 Å². The van der Waals surface area contributed by atoms with Gasteiger partial charge in [-0.1, -0.05) is 30.3 Å². The van der Waals surface area contributed by atoms with Crippen molar-refractivity contribution in [3.05, 3.63) is 90.8 Å². The number of carbonyl (C=O) groups is 1. The Balaban J connectivity index is 1.31. The van der Waals surface area contributed by atoms with Crippen LogP contribution in [0.4, 0.5) is 4.39 Å². The first kappa shape index (κ1) is 21.3. The average molecular weight is 465 g/mol. The number of sulfonamides is 1. The Morgan fingerprint density at radius 3 is 2.30 bits per heavy atom. The fourth-order valence-electron chi connectivity index (χ4n) is 4.03. The van der Waals surface area contributed by atoms with Gasteiger partial charge >= 0.3 is 0 Å². The van der Waals surface area contributed by atoms with Crippen molar-refractivity contribution in [1.29, 1.82) is 0 Å². The van der Waals surface area contributed by atoms with E-state index in [-0.39, 0.29) is 42.8 Å². The fourth-order valence-corrected chi connectivity index (χ4v) is 5.49. The lowest BCUT2D eigenvalue weighted by molar-refractivity contribution is 0.0690. The molecule has 0 spiro atoms. The van der Waals surface area contributed by atoms with E-state index in [1.165, 1.54) is 29.0 Å². The predicted octanol–water partition coefficient (Wildman–Crippen LogP) is 3.31. The Kier molecular flexibility index (Phi) is 5.43. The number of fused-ring (bicyclic) bond motifs is 1. The number of rotatable bonds is 4. The smallest absolute Gasteiger partial charge is 0.272 e. The van der Waals surface area contributed by atoms with Crippen LogP contribution in [0.5, 0.6) is 0 Å². The Morgan fingerprint density at radius 1 is 0.879 bits per heavy atom. The molecule has 1 aliphatic rings. The quantitative estimate of drug-likeness (QED) is 0.464. The van der Waals surface area contributed by atoms with Crippen molar-refractivity contribution in [2.24, 2.45) is 0 Å². The van der Waals surface area contributed by atoms with Crippen molar-refractivity contribution in [3.8, 4) is 5.69 Å². The highest BCUT2D eigenvalue weighted by molar-refractivity contribution is 7.89. The molecular formula is C24H21FN4O3S. The number of carbonyl (C=O) groups excluding carboxylic acids is 1. The van der Waals surface area contributed by atoms with Gasteiger partial charge in [0.25, 0.3) is 5.91 Å². The lowest BCUT2D eigenvalue weighted by Crippen LogP contribution is -2.50. The number of benzene rings is 3. The number of imidazole rings is 1.